The zero-order valence-electron chi connectivity index (χ0n) is 16.9. The van der Waals surface area contributed by atoms with Gasteiger partial charge in [0.1, 0.15) is 10.7 Å². The average Bonchev–Trinajstić information content (AvgIpc) is 2.99. The van der Waals surface area contributed by atoms with Crippen molar-refractivity contribution < 1.29 is 14.4 Å². The Morgan fingerprint density at radius 1 is 0.844 bits per heavy atom. The molecule has 1 aliphatic heterocycles. The van der Waals surface area contributed by atoms with Gasteiger partial charge in [-0.05, 0) is 61.5 Å². The van der Waals surface area contributed by atoms with Gasteiger partial charge in [0, 0.05) is 22.0 Å². The molecular weight excluding hydrogens is 449 g/mol. The van der Waals surface area contributed by atoms with E-state index in [0.717, 1.165) is 10.5 Å². The van der Waals surface area contributed by atoms with Crippen molar-refractivity contribution in [3.8, 4) is 0 Å². The molecule has 6 nitrogen and oxygen atoms in total. The first-order valence-corrected chi connectivity index (χ1v) is 10.4. The predicted octanol–water partition coefficient (Wildman–Crippen LogP) is 5.34. The van der Waals surface area contributed by atoms with E-state index in [1.165, 1.54) is 0 Å². The molecule has 0 fully saturated rings. The van der Waals surface area contributed by atoms with E-state index in [1.54, 1.807) is 48.5 Å². The first-order valence-electron chi connectivity index (χ1n) is 9.63. The van der Waals surface area contributed by atoms with Gasteiger partial charge in [-0.2, -0.15) is 0 Å². The third-order valence-electron chi connectivity index (χ3n) is 4.82. The molecule has 0 saturated heterocycles. The third-order valence-corrected chi connectivity index (χ3v) is 5.42. The van der Waals surface area contributed by atoms with Gasteiger partial charge in [0.2, 0.25) is 0 Å². The Kier molecular flexibility index (Phi) is 5.99. The number of amides is 3. The van der Waals surface area contributed by atoms with Crippen LogP contribution < -0.4 is 15.5 Å². The summed E-state index contributed by atoms with van der Waals surface area (Å²) in [6.45, 7) is 1.96. The van der Waals surface area contributed by atoms with Gasteiger partial charge in [-0.15, -0.1) is 0 Å². The molecule has 0 atom stereocenters. The molecule has 3 amide bonds. The summed E-state index contributed by atoms with van der Waals surface area (Å²) in [7, 11) is 0. The minimum absolute atomic E-state index is 0.0669. The van der Waals surface area contributed by atoms with Crippen molar-refractivity contribution in [3.05, 3.63) is 99.7 Å². The maximum absolute atomic E-state index is 12.9. The lowest BCUT2D eigenvalue weighted by Gasteiger charge is -2.15. The number of benzene rings is 3. The molecule has 0 bridgehead atoms. The van der Waals surface area contributed by atoms with Crippen molar-refractivity contribution in [2.75, 3.05) is 15.5 Å². The van der Waals surface area contributed by atoms with Crippen LogP contribution in [0.25, 0.3) is 0 Å². The highest BCUT2D eigenvalue weighted by Crippen LogP contribution is 2.31. The molecular formula is C24H17Cl2N3O3. The minimum Gasteiger partial charge on any atom is -0.350 e. The molecule has 1 heterocycles. The largest absolute Gasteiger partial charge is 0.350 e. The number of anilines is 3. The van der Waals surface area contributed by atoms with Crippen LogP contribution in [-0.4, -0.2) is 17.7 Å². The second-order valence-corrected chi connectivity index (χ2v) is 7.95. The van der Waals surface area contributed by atoms with E-state index in [1.807, 2.05) is 31.2 Å². The van der Waals surface area contributed by atoms with Crippen molar-refractivity contribution >= 4 is 58.0 Å². The van der Waals surface area contributed by atoms with Gasteiger partial charge in [-0.25, -0.2) is 4.90 Å². The zero-order chi connectivity index (χ0) is 22.8. The fraction of sp³-hybridized carbons (Fsp3) is 0.0417. The Labute approximate surface area is 194 Å². The first-order chi connectivity index (χ1) is 15.3. The summed E-state index contributed by atoms with van der Waals surface area (Å²) < 4.78 is 0. The SMILES string of the molecule is Cc1ccc(NC(=O)c2cccc(NC3=C(Cl)C(=O)N(c4ccc(Cl)cc4)C3=O)c2)cc1. The van der Waals surface area contributed by atoms with Gasteiger partial charge < -0.3 is 10.6 Å². The van der Waals surface area contributed by atoms with Crippen LogP contribution in [0.5, 0.6) is 0 Å². The van der Waals surface area contributed by atoms with E-state index in [4.69, 9.17) is 23.2 Å². The van der Waals surface area contributed by atoms with Gasteiger partial charge in [0.25, 0.3) is 17.7 Å². The second-order valence-electron chi connectivity index (χ2n) is 7.14. The van der Waals surface area contributed by atoms with Crippen molar-refractivity contribution in [3.63, 3.8) is 0 Å². The van der Waals surface area contributed by atoms with Crippen molar-refractivity contribution in [1.29, 1.82) is 0 Å². The van der Waals surface area contributed by atoms with Crippen LogP contribution in [0.15, 0.2) is 83.5 Å². The number of nitrogens with zero attached hydrogens (tertiary/aromatic N) is 1. The number of imide groups is 1. The molecule has 0 aliphatic carbocycles. The summed E-state index contributed by atoms with van der Waals surface area (Å²) >= 11 is 12.1. The highest BCUT2D eigenvalue weighted by Gasteiger charge is 2.38. The monoisotopic (exact) mass is 465 g/mol. The van der Waals surface area contributed by atoms with Crippen molar-refractivity contribution in [2.24, 2.45) is 0 Å². The van der Waals surface area contributed by atoms with E-state index in [0.29, 0.717) is 27.6 Å². The fourth-order valence-corrected chi connectivity index (χ4v) is 3.50. The predicted molar refractivity (Wildman–Crippen MR) is 126 cm³/mol. The van der Waals surface area contributed by atoms with Crippen molar-refractivity contribution in [2.45, 2.75) is 6.92 Å². The molecule has 4 rings (SSSR count). The number of rotatable bonds is 5. The van der Waals surface area contributed by atoms with E-state index in [2.05, 4.69) is 10.6 Å². The van der Waals surface area contributed by atoms with Gasteiger partial charge >= 0.3 is 0 Å². The van der Waals surface area contributed by atoms with Crippen LogP contribution in [0.2, 0.25) is 5.02 Å². The topological polar surface area (TPSA) is 78.5 Å². The van der Waals surface area contributed by atoms with Gasteiger partial charge in [-0.1, -0.05) is 47.0 Å². The highest BCUT2D eigenvalue weighted by atomic mass is 35.5. The molecule has 160 valence electrons. The van der Waals surface area contributed by atoms with E-state index >= 15 is 0 Å². The Bertz CT molecular complexity index is 1250. The quantitative estimate of drug-likeness (QED) is 0.498. The summed E-state index contributed by atoms with van der Waals surface area (Å²) in [4.78, 5) is 39.1. The maximum atomic E-state index is 12.9. The standard InChI is InChI=1S/C24H17Cl2N3O3/c1-14-5-9-17(10-6-14)28-22(30)15-3-2-4-18(13-15)27-21-20(26)23(31)29(24(21)32)19-11-7-16(25)8-12-19/h2-13,27H,1H3,(H,28,30). The van der Waals surface area contributed by atoms with E-state index in [-0.39, 0.29) is 16.6 Å². The molecule has 1 aliphatic rings. The van der Waals surface area contributed by atoms with Crippen LogP contribution in [0.3, 0.4) is 0 Å². The summed E-state index contributed by atoms with van der Waals surface area (Å²) in [6, 6.07) is 20.2. The Morgan fingerprint density at radius 2 is 1.53 bits per heavy atom. The number of carbonyl (C=O) groups excluding carboxylic acids is 3. The van der Waals surface area contributed by atoms with Crippen LogP contribution in [-0.2, 0) is 9.59 Å². The third kappa shape index (κ3) is 4.37. The van der Waals surface area contributed by atoms with Crippen LogP contribution >= 0.6 is 23.2 Å². The number of aryl methyl sites for hydroxylation is 1. The molecule has 0 aromatic heterocycles. The summed E-state index contributed by atoms with van der Waals surface area (Å²) in [5.41, 5.74) is 2.85. The smallest absolute Gasteiger partial charge is 0.283 e. The number of carbonyl (C=O) groups is 3. The number of hydrogen-bond acceptors (Lipinski definition) is 4. The van der Waals surface area contributed by atoms with Crippen LogP contribution in [0.1, 0.15) is 15.9 Å². The van der Waals surface area contributed by atoms with Crippen LogP contribution in [0, 0.1) is 6.92 Å². The number of nitrogens with one attached hydrogen (secondary N) is 2. The van der Waals surface area contributed by atoms with Gasteiger partial charge in [0.15, 0.2) is 0 Å². The number of halogens is 2. The van der Waals surface area contributed by atoms with E-state index < -0.39 is 11.8 Å². The lowest BCUT2D eigenvalue weighted by atomic mass is 10.1. The lowest BCUT2D eigenvalue weighted by molar-refractivity contribution is -0.120. The molecule has 3 aromatic rings. The molecule has 8 heteroatoms. The molecule has 2 N–H and O–H groups in total. The van der Waals surface area contributed by atoms with Gasteiger partial charge in [-0.3, -0.25) is 14.4 Å². The molecule has 0 saturated carbocycles. The fourth-order valence-electron chi connectivity index (χ4n) is 3.16. The van der Waals surface area contributed by atoms with E-state index in [9.17, 15) is 14.4 Å². The molecule has 3 aromatic carbocycles. The first kappa shape index (κ1) is 21.6. The summed E-state index contributed by atoms with van der Waals surface area (Å²) in [5, 5.41) is 5.94. The lowest BCUT2D eigenvalue weighted by Crippen LogP contribution is -2.32. The zero-order valence-corrected chi connectivity index (χ0v) is 18.4. The Hall–Kier alpha value is -3.61. The van der Waals surface area contributed by atoms with Crippen molar-refractivity contribution in [1.82, 2.24) is 0 Å². The number of hydrogen-bond donors (Lipinski definition) is 2. The molecule has 0 radical (unpaired) electrons. The average molecular weight is 466 g/mol. The Morgan fingerprint density at radius 3 is 2.22 bits per heavy atom. The summed E-state index contributed by atoms with van der Waals surface area (Å²) in [5.74, 6) is -1.55. The normalized spacial score (nSPS) is 13.5. The Balaban J connectivity index is 1.53. The van der Waals surface area contributed by atoms with Crippen LogP contribution in [0.4, 0.5) is 17.1 Å². The molecule has 0 spiro atoms. The molecule has 32 heavy (non-hydrogen) atoms. The minimum atomic E-state index is -0.644. The highest BCUT2D eigenvalue weighted by molar-refractivity contribution is 6.53. The maximum Gasteiger partial charge on any atom is 0.283 e. The molecule has 0 unspecified atom stereocenters. The van der Waals surface area contributed by atoms with Gasteiger partial charge in [0.05, 0.1) is 5.69 Å². The second kappa shape index (κ2) is 8.86. The summed E-state index contributed by atoms with van der Waals surface area (Å²) in [6.07, 6.45) is 0.